The number of carbonyl (C=O) groups is 1. The van der Waals surface area contributed by atoms with Crippen molar-refractivity contribution in [3.63, 3.8) is 0 Å². The number of nitrogens with one attached hydrogen (secondary N) is 1. The van der Waals surface area contributed by atoms with Crippen LogP contribution in [0.1, 0.15) is 34.6 Å². The number of pyridine rings is 2. The van der Waals surface area contributed by atoms with Crippen molar-refractivity contribution in [2.45, 2.75) is 52.3 Å². The van der Waals surface area contributed by atoms with Crippen LogP contribution in [-0.2, 0) is 4.74 Å². The van der Waals surface area contributed by atoms with E-state index in [0.717, 1.165) is 47.0 Å². The summed E-state index contributed by atoms with van der Waals surface area (Å²) in [7, 11) is 0. The highest BCUT2D eigenvalue weighted by Crippen LogP contribution is 2.36. The molecule has 296 valence electrons. The van der Waals surface area contributed by atoms with Crippen molar-refractivity contribution >= 4 is 62.5 Å². The number of hydrogen-bond acceptors (Lipinski definition) is 11. The lowest BCUT2D eigenvalue weighted by atomic mass is 10.0. The molecule has 12 nitrogen and oxygen atoms in total. The summed E-state index contributed by atoms with van der Waals surface area (Å²) in [6, 6.07) is 13.0. The van der Waals surface area contributed by atoms with Crippen LogP contribution in [0.25, 0.3) is 44.1 Å². The van der Waals surface area contributed by atoms with E-state index in [4.69, 9.17) is 27.9 Å². The number of anilines is 2. The van der Waals surface area contributed by atoms with Gasteiger partial charge in [-0.25, -0.2) is 13.6 Å². The number of halogens is 4. The van der Waals surface area contributed by atoms with Crippen molar-refractivity contribution in [2.75, 3.05) is 49.1 Å². The van der Waals surface area contributed by atoms with Gasteiger partial charge in [0.15, 0.2) is 11.6 Å². The van der Waals surface area contributed by atoms with Gasteiger partial charge in [-0.05, 0) is 83.1 Å². The quantitative estimate of drug-likeness (QED) is 0.185. The molecule has 1 amide bonds. The van der Waals surface area contributed by atoms with E-state index < -0.39 is 17.2 Å². The number of carbonyl (C=O) groups excluding carboxylic acids is 1. The van der Waals surface area contributed by atoms with E-state index in [1.54, 1.807) is 60.0 Å². The molecular weight excluding hydrogens is 773 g/mol. The van der Waals surface area contributed by atoms with Gasteiger partial charge in [-0.1, -0.05) is 23.2 Å². The predicted octanol–water partition coefficient (Wildman–Crippen LogP) is 8.21. The van der Waals surface area contributed by atoms with Gasteiger partial charge in [0, 0.05) is 119 Å². The highest BCUT2D eigenvalue weighted by Gasteiger charge is 2.32. The molecule has 8 rings (SSSR count). The first-order chi connectivity index (χ1) is 27.3. The number of hydrogen-bond donors (Lipinski definition) is 1. The van der Waals surface area contributed by atoms with E-state index >= 15 is 0 Å². The van der Waals surface area contributed by atoms with E-state index in [-0.39, 0.29) is 12.1 Å². The van der Waals surface area contributed by atoms with E-state index in [2.05, 4.69) is 52.4 Å². The molecule has 57 heavy (non-hydrogen) atoms. The van der Waals surface area contributed by atoms with Gasteiger partial charge in [-0.2, -0.15) is 0 Å². The number of amides is 1. The molecule has 2 aromatic carbocycles. The normalized spacial score (nSPS) is 17.4. The summed E-state index contributed by atoms with van der Waals surface area (Å²) < 4.78 is 34.5. The topological polar surface area (TPSA) is 125 Å². The number of ether oxygens (including phenoxy) is 1. The molecule has 0 spiro atoms. The van der Waals surface area contributed by atoms with Crippen LogP contribution >= 0.6 is 23.2 Å². The molecule has 0 aliphatic carbocycles. The molecule has 2 atom stereocenters. The summed E-state index contributed by atoms with van der Waals surface area (Å²) in [6.45, 7) is 13.9. The Labute approximate surface area is 339 Å². The van der Waals surface area contributed by atoms with Gasteiger partial charge in [0.25, 0.3) is 0 Å². The van der Waals surface area contributed by atoms with E-state index in [9.17, 15) is 13.6 Å². The molecule has 2 aliphatic rings. The number of fused-ring (bicyclic) bond motifs is 2. The van der Waals surface area contributed by atoms with Gasteiger partial charge in [-0.3, -0.25) is 9.97 Å². The standard InChI is InChI=1S/C23H25ClFN5O2.C18H17ClFN5/c1-14-13-29(22(31)32-23(2,3)4)9-10-30(14)21-18-12-26-8-7-16(18)20(27-28-21)17-6-5-15(24)11-19(17)25;1-11-9-22-6-7-25(11)18-15-10-21-5-4-13(15)17(23-24-18)14-3-2-12(19)8-16(14)20/h5-8,11-12,14H,9-10,13H2,1-4H3;2-5,8,10-11,22H,6-7,9H2,1H3/t14-;11-/m11/s1. The van der Waals surface area contributed by atoms with E-state index in [1.165, 1.54) is 12.1 Å². The lowest BCUT2D eigenvalue weighted by Crippen LogP contribution is -2.55. The molecule has 2 fully saturated rings. The third-order valence-corrected chi connectivity index (χ3v) is 10.3. The first-order valence-electron chi connectivity index (χ1n) is 18.6. The number of benzene rings is 2. The van der Waals surface area contributed by atoms with Crippen molar-refractivity contribution in [3.05, 3.63) is 95.0 Å². The number of nitrogens with zero attached hydrogens (tertiary/aromatic N) is 9. The van der Waals surface area contributed by atoms with E-state index in [0.29, 0.717) is 64.1 Å². The van der Waals surface area contributed by atoms with Crippen LogP contribution < -0.4 is 15.1 Å². The Morgan fingerprint density at radius 1 is 0.737 bits per heavy atom. The minimum atomic E-state index is -0.544. The summed E-state index contributed by atoms with van der Waals surface area (Å²) in [6.07, 6.45) is 6.49. The fourth-order valence-corrected chi connectivity index (χ4v) is 7.39. The molecule has 0 radical (unpaired) electrons. The van der Waals surface area contributed by atoms with Crippen LogP contribution in [0.15, 0.2) is 73.3 Å². The van der Waals surface area contributed by atoms with Gasteiger partial charge in [-0.15, -0.1) is 20.4 Å². The Balaban J connectivity index is 0.000000179. The van der Waals surface area contributed by atoms with Gasteiger partial charge < -0.3 is 24.8 Å². The highest BCUT2D eigenvalue weighted by molar-refractivity contribution is 6.31. The van der Waals surface area contributed by atoms with Crippen LogP contribution in [0.3, 0.4) is 0 Å². The van der Waals surface area contributed by atoms with Crippen molar-refractivity contribution in [1.29, 1.82) is 0 Å². The molecule has 0 bridgehead atoms. The minimum Gasteiger partial charge on any atom is -0.444 e. The molecule has 1 N–H and O–H groups in total. The number of piperazine rings is 2. The fourth-order valence-electron chi connectivity index (χ4n) is 7.07. The average Bonchev–Trinajstić information content (AvgIpc) is 3.17. The third-order valence-electron chi connectivity index (χ3n) is 9.82. The summed E-state index contributed by atoms with van der Waals surface area (Å²) >= 11 is 11.8. The molecule has 6 aromatic rings. The van der Waals surface area contributed by atoms with Crippen molar-refractivity contribution in [2.24, 2.45) is 0 Å². The zero-order valence-electron chi connectivity index (χ0n) is 32.2. The third kappa shape index (κ3) is 8.68. The Hall–Kier alpha value is -5.31. The minimum absolute atomic E-state index is 0.0212. The van der Waals surface area contributed by atoms with Crippen LogP contribution in [0.4, 0.5) is 25.2 Å². The molecule has 0 saturated carbocycles. The Kier molecular flexibility index (Phi) is 11.7. The van der Waals surface area contributed by atoms with Crippen molar-refractivity contribution in [3.8, 4) is 22.5 Å². The molecule has 6 heterocycles. The second-order valence-corrected chi connectivity index (χ2v) is 15.9. The lowest BCUT2D eigenvalue weighted by molar-refractivity contribution is 0.0218. The molecule has 4 aromatic heterocycles. The Morgan fingerprint density at radius 2 is 1.26 bits per heavy atom. The van der Waals surface area contributed by atoms with Crippen molar-refractivity contribution in [1.82, 2.24) is 40.6 Å². The van der Waals surface area contributed by atoms with Gasteiger partial charge in [0.1, 0.15) is 28.6 Å². The smallest absolute Gasteiger partial charge is 0.410 e. The summed E-state index contributed by atoms with van der Waals surface area (Å²) in [5.41, 5.74) is 1.09. The van der Waals surface area contributed by atoms with Gasteiger partial charge in [0.2, 0.25) is 0 Å². The number of rotatable bonds is 4. The maximum atomic E-state index is 14.6. The molecular formula is C41H42Cl2F2N10O2. The van der Waals surface area contributed by atoms with Gasteiger partial charge >= 0.3 is 6.09 Å². The Bertz CT molecular complexity index is 2430. The largest absolute Gasteiger partial charge is 0.444 e. The average molecular weight is 816 g/mol. The van der Waals surface area contributed by atoms with Crippen molar-refractivity contribution < 1.29 is 18.3 Å². The van der Waals surface area contributed by atoms with Crippen LogP contribution in [0, 0.1) is 11.6 Å². The molecule has 2 saturated heterocycles. The van der Waals surface area contributed by atoms with Gasteiger partial charge in [0.05, 0.1) is 0 Å². The Morgan fingerprint density at radius 3 is 1.74 bits per heavy atom. The van der Waals surface area contributed by atoms with Crippen LogP contribution in [-0.4, -0.2) is 98.3 Å². The maximum absolute atomic E-state index is 14.6. The first kappa shape index (κ1) is 39.9. The lowest BCUT2D eigenvalue weighted by Gasteiger charge is -2.40. The highest BCUT2D eigenvalue weighted by atomic mass is 35.5. The maximum Gasteiger partial charge on any atom is 0.410 e. The van der Waals surface area contributed by atoms with Crippen LogP contribution in [0.5, 0.6) is 0 Å². The molecule has 2 aliphatic heterocycles. The second-order valence-electron chi connectivity index (χ2n) is 15.1. The van der Waals surface area contributed by atoms with E-state index in [1.807, 2.05) is 33.8 Å². The van der Waals surface area contributed by atoms with Crippen LogP contribution in [0.2, 0.25) is 10.0 Å². The summed E-state index contributed by atoms with van der Waals surface area (Å²) in [5, 5.41) is 24.9. The number of aromatic nitrogens is 6. The summed E-state index contributed by atoms with van der Waals surface area (Å²) in [4.78, 5) is 27.0. The monoisotopic (exact) mass is 814 g/mol. The molecule has 0 unspecified atom stereocenters. The fraction of sp³-hybridized carbons (Fsp3) is 0.341. The first-order valence-corrected chi connectivity index (χ1v) is 19.4. The zero-order chi connectivity index (χ0) is 40.4. The molecule has 16 heteroatoms. The zero-order valence-corrected chi connectivity index (χ0v) is 33.7. The SMILES string of the molecule is C[C@@H]1CN(C(=O)OC(C)(C)C)CCN1c1nnc(-c2ccc(Cl)cc2F)c2ccncc12.C[C@@H]1CNCCN1c1nnc(-c2ccc(Cl)cc2F)c2ccncc12. The predicted molar refractivity (Wildman–Crippen MR) is 220 cm³/mol. The summed E-state index contributed by atoms with van der Waals surface area (Å²) in [5.74, 6) is 0.568. The second kappa shape index (κ2) is 16.7.